The summed E-state index contributed by atoms with van der Waals surface area (Å²) in [6, 6.07) is 13.5. The second-order valence-electron chi connectivity index (χ2n) is 4.27. The van der Waals surface area contributed by atoms with E-state index in [1.807, 2.05) is 6.07 Å². The lowest BCUT2D eigenvalue weighted by atomic mass is 10.1. The maximum Gasteiger partial charge on any atom is 0.311 e. The number of hydrogen-bond donors (Lipinski definition) is 0. The lowest BCUT2D eigenvalue weighted by Crippen LogP contribution is -1.95. The van der Waals surface area contributed by atoms with Gasteiger partial charge in [-0.05, 0) is 29.3 Å². The van der Waals surface area contributed by atoms with E-state index in [9.17, 15) is 10.1 Å². The van der Waals surface area contributed by atoms with Gasteiger partial charge in [0, 0.05) is 11.9 Å². The summed E-state index contributed by atoms with van der Waals surface area (Å²) < 4.78 is 5.54. The van der Waals surface area contributed by atoms with E-state index in [1.54, 1.807) is 30.3 Å². The molecule has 0 N–H and O–H groups in total. The predicted molar refractivity (Wildman–Crippen MR) is 78.5 cm³/mol. The van der Waals surface area contributed by atoms with Crippen LogP contribution >= 0.6 is 11.6 Å². The first-order valence-electron chi connectivity index (χ1n) is 6.11. The van der Waals surface area contributed by atoms with Crippen LogP contribution in [-0.4, -0.2) is 4.92 Å². The van der Waals surface area contributed by atoms with Gasteiger partial charge in [-0.1, -0.05) is 18.2 Å². The average molecular weight is 303 g/mol. The number of hydrogen-bond acceptors (Lipinski definition) is 4. The molecular formula is C15H11ClN2O3. The molecule has 0 heterocycles. The lowest BCUT2D eigenvalue weighted by Gasteiger charge is -2.07. The highest BCUT2D eigenvalue weighted by molar-refractivity contribution is 6.17. The van der Waals surface area contributed by atoms with E-state index in [-0.39, 0.29) is 17.3 Å². The Balaban J connectivity index is 2.26. The van der Waals surface area contributed by atoms with Crippen molar-refractivity contribution in [3.63, 3.8) is 0 Å². The average Bonchev–Trinajstić information content (AvgIpc) is 2.49. The van der Waals surface area contributed by atoms with Gasteiger partial charge in [0.2, 0.25) is 5.75 Å². The summed E-state index contributed by atoms with van der Waals surface area (Å²) in [4.78, 5) is 10.6. The molecule has 0 saturated heterocycles. The second kappa shape index (κ2) is 6.73. The van der Waals surface area contributed by atoms with Gasteiger partial charge in [0.05, 0.1) is 17.4 Å². The highest BCUT2D eigenvalue weighted by Crippen LogP contribution is 2.32. The third-order valence-electron chi connectivity index (χ3n) is 2.81. The quantitative estimate of drug-likeness (QED) is 0.471. The van der Waals surface area contributed by atoms with E-state index in [2.05, 4.69) is 0 Å². The Morgan fingerprint density at radius 2 is 1.86 bits per heavy atom. The third-order valence-corrected chi connectivity index (χ3v) is 3.12. The molecule has 106 valence electrons. The zero-order chi connectivity index (χ0) is 15.2. The summed E-state index contributed by atoms with van der Waals surface area (Å²) in [5.74, 6) is 0.824. The number of nitro groups is 1. The van der Waals surface area contributed by atoms with Gasteiger partial charge in [0.15, 0.2) is 0 Å². The molecule has 0 bridgehead atoms. The van der Waals surface area contributed by atoms with Crippen molar-refractivity contribution >= 4 is 17.3 Å². The summed E-state index contributed by atoms with van der Waals surface area (Å²) in [5.41, 5.74) is 1.38. The fraction of sp³-hybridized carbons (Fsp3) is 0.133. The number of benzene rings is 2. The molecule has 21 heavy (non-hydrogen) atoms. The maximum absolute atomic E-state index is 11.1. The van der Waals surface area contributed by atoms with Crippen LogP contribution in [0.5, 0.6) is 11.5 Å². The van der Waals surface area contributed by atoms with Crippen LogP contribution in [0.25, 0.3) is 0 Å². The van der Waals surface area contributed by atoms with Crippen molar-refractivity contribution < 1.29 is 9.66 Å². The van der Waals surface area contributed by atoms with E-state index in [0.29, 0.717) is 17.7 Å². The standard InChI is InChI=1S/C15H11ClN2O3/c16-10-12-3-6-15(14(9-12)18(19)20)21-13-4-1-11(2-5-13)7-8-17/h1-6,9H,7,10H2. The fourth-order valence-electron chi connectivity index (χ4n) is 1.77. The molecule has 0 atom stereocenters. The van der Waals surface area contributed by atoms with Crippen LogP contribution in [0, 0.1) is 21.4 Å². The van der Waals surface area contributed by atoms with Crippen LogP contribution in [-0.2, 0) is 12.3 Å². The molecule has 0 fully saturated rings. The van der Waals surface area contributed by atoms with Gasteiger partial charge in [0.25, 0.3) is 0 Å². The van der Waals surface area contributed by atoms with Crippen molar-refractivity contribution in [2.45, 2.75) is 12.3 Å². The zero-order valence-electron chi connectivity index (χ0n) is 11.0. The molecule has 0 aliphatic heterocycles. The smallest absolute Gasteiger partial charge is 0.311 e. The Bertz CT molecular complexity index is 693. The van der Waals surface area contributed by atoms with Crippen molar-refractivity contribution in [2.24, 2.45) is 0 Å². The van der Waals surface area contributed by atoms with Crippen LogP contribution in [0.4, 0.5) is 5.69 Å². The second-order valence-corrected chi connectivity index (χ2v) is 4.54. The van der Waals surface area contributed by atoms with Crippen molar-refractivity contribution in [1.82, 2.24) is 0 Å². The van der Waals surface area contributed by atoms with Crippen LogP contribution in [0.2, 0.25) is 0 Å². The van der Waals surface area contributed by atoms with Gasteiger partial charge >= 0.3 is 5.69 Å². The van der Waals surface area contributed by atoms with Crippen molar-refractivity contribution in [3.05, 3.63) is 63.7 Å². The monoisotopic (exact) mass is 302 g/mol. The molecule has 0 saturated carbocycles. The minimum Gasteiger partial charge on any atom is -0.450 e. The number of ether oxygens (including phenoxy) is 1. The molecule has 0 aromatic heterocycles. The van der Waals surface area contributed by atoms with Crippen molar-refractivity contribution in [3.8, 4) is 17.6 Å². The molecular weight excluding hydrogens is 292 g/mol. The van der Waals surface area contributed by atoms with Crippen LogP contribution in [0.15, 0.2) is 42.5 Å². The molecule has 2 aromatic carbocycles. The SMILES string of the molecule is N#CCc1ccc(Oc2ccc(CCl)cc2[N+](=O)[O-])cc1. The van der Waals surface area contributed by atoms with Gasteiger partial charge in [-0.3, -0.25) is 10.1 Å². The van der Waals surface area contributed by atoms with Crippen LogP contribution in [0.3, 0.4) is 0 Å². The van der Waals surface area contributed by atoms with Gasteiger partial charge in [-0.15, -0.1) is 11.6 Å². The van der Waals surface area contributed by atoms with Crippen molar-refractivity contribution in [2.75, 3.05) is 0 Å². The molecule has 0 spiro atoms. The number of halogens is 1. The first kappa shape index (κ1) is 14.8. The van der Waals surface area contributed by atoms with Crippen LogP contribution in [0.1, 0.15) is 11.1 Å². The van der Waals surface area contributed by atoms with E-state index in [1.165, 1.54) is 12.1 Å². The highest BCUT2D eigenvalue weighted by Gasteiger charge is 2.16. The fourth-order valence-corrected chi connectivity index (χ4v) is 1.93. The molecule has 6 heteroatoms. The normalized spacial score (nSPS) is 9.90. The maximum atomic E-state index is 11.1. The number of nitriles is 1. The Labute approximate surface area is 126 Å². The Kier molecular flexibility index (Phi) is 4.75. The van der Waals surface area contributed by atoms with Gasteiger partial charge < -0.3 is 4.74 Å². The van der Waals surface area contributed by atoms with Crippen LogP contribution < -0.4 is 4.74 Å². The summed E-state index contributed by atoms with van der Waals surface area (Å²) in [5, 5.41) is 19.7. The summed E-state index contributed by atoms with van der Waals surface area (Å²) >= 11 is 5.67. The highest BCUT2D eigenvalue weighted by atomic mass is 35.5. The minimum atomic E-state index is -0.505. The van der Waals surface area contributed by atoms with E-state index >= 15 is 0 Å². The predicted octanol–water partition coefficient (Wildman–Crippen LogP) is 4.19. The first-order chi connectivity index (χ1) is 10.1. The van der Waals surface area contributed by atoms with E-state index in [0.717, 1.165) is 5.56 Å². The number of nitro benzene ring substituents is 1. The number of alkyl halides is 1. The molecule has 0 unspecified atom stereocenters. The van der Waals surface area contributed by atoms with Crippen molar-refractivity contribution in [1.29, 1.82) is 5.26 Å². The number of rotatable bonds is 5. The summed E-state index contributed by atoms with van der Waals surface area (Å²) in [6.07, 6.45) is 0.310. The number of nitrogens with zero attached hydrogens (tertiary/aromatic N) is 2. The van der Waals surface area contributed by atoms with Gasteiger partial charge in [-0.25, -0.2) is 0 Å². The molecule has 5 nitrogen and oxygen atoms in total. The van der Waals surface area contributed by atoms with Gasteiger partial charge in [-0.2, -0.15) is 5.26 Å². The molecule has 0 amide bonds. The largest absolute Gasteiger partial charge is 0.450 e. The summed E-state index contributed by atoms with van der Waals surface area (Å²) in [6.45, 7) is 0. The molecule has 0 aliphatic carbocycles. The first-order valence-corrected chi connectivity index (χ1v) is 6.64. The molecule has 0 radical (unpaired) electrons. The van der Waals surface area contributed by atoms with E-state index in [4.69, 9.17) is 21.6 Å². The molecule has 0 aliphatic rings. The Hall–Kier alpha value is -2.58. The minimum absolute atomic E-state index is 0.130. The molecule has 2 aromatic rings. The topological polar surface area (TPSA) is 76.2 Å². The summed E-state index contributed by atoms with van der Waals surface area (Å²) in [7, 11) is 0. The van der Waals surface area contributed by atoms with Gasteiger partial charge in [0.1, 0.15) is 5.75 Å². The Morgan fingerprint density at radius 3 is 2.43 bits per heavy atom. The molecule has 2 rings (SSSR count). The Morgan fingerprint density at radius 1 is 1.19 bits per heavy atom. The van der Waals surface area contributed by atoms with E-state index < -0.39 is 4.92 Å². The third kappa shape index (κ3) is 3.71. The zero-order valence-corrected chi connectivity index (χ0v) is 11.7. The lowest BCUT2D eigenvalue weighted by molar-refractivity contribution is -0.385.